The average molecular weight is 245 g/mol. The van der Waals surface area contributed by atoms with Crippen molar-refractivity contribution in [2.45, 2.75) is 27.2 Å². The van der Waals surface area contributed by atoms with Gasteiger partial charge in [-0.2, -0.15) is 5.10 Å². The molecule has 0 spiro atoms. The predicted molar refractivity (Wildman–Crippen MR) is 73.0 cm³/mol. The van der Waals surface area contributed by atoms with E-state index in [0.717, 1.165) is 23.4 Å². The Kier molecular flexibility index (Phi) is 3.28. The Morgan fingerprint density at radius 2 is 2.06 bits per heavy atom. The Morgan fingerprint density at radius 1 is 1.33 bits per heavy atom. The molecule has 96 valence electrons. The molecule has 0 saturated heterocycles. The van der Waals surface area contributed by atoms with Crippen LogP contribution in [0.3, 0.4) is 0 Å². The standard InChI is InChI=1S/C14H19N3O/c1-5-11-13(15)14(17(4)16-11)18-12-7-6-9(2)8-10(12)3/h6-8H,5,15H2,1-4H3. The molecule has 1 heterocycles. The van der Waals surface area contributed by atoms with Crippen LogP contribution in [-0.4, -0.2) is 9.78 Å². The predicted octanol–water partition coefficient (Wildman–Crippen LogP) is 2.97. The Labute approximate surface area is 107 Å². The molecule has 0 aliphatic carbocycles. The van der Waals surface area contributed by atoms with Crippen LogP contribution in [0.2, 0.25) is 0 Å². The molecule has 0 fully saturated rings. The van der Waals surface area contributed by atoms with Gasteiger partial charge in [-0.1, -0.05) is 24.6 Å². The number of aromatic nitrogens is 2. The van der Waals surface area contributed by atoms with E-state index in [2.05, 4.69) is 18.1 Å². The molecule has 18 heavy (non-hydrogen) atoms. The van der Waals surface area contributed by atoms with Gasteiger partial charge in [-0.25, -0.2) is 4.68 Å². The van der Waals surface area contributed by atoms with Gasteiger partial charge in [0.25, 0.3) is 0 Å². The van der Waals surface area contributed by atoms with E-state index in [9.17, 15) is 0 Å². The maximum Gasteiger partial charge on any atom is 0.241 e. The Morgan fingerprint density at radius 3 is 2.61 bits per heavy atom. The zero-order chi connectivity index (χ0) is 13.3. The maximum atomic E-state index is 6.03. The molecule has 2 N–H and O–H groups in total. The molecular formula is C14H19N3O. The van der Waals surface area contributed by atoms with Crippen molar-refractivity contribution >= 4 is 5.69 Å². The van der Waals surface area contributed by atoms with Crippen LogP contribution >= 0.6 is 0 Å². The van der Waals surface area contributed by atoms with E-state index in [1.54, 1.807) is 4.68 Å². The first kappa shape index (κ1) is 12.5. The Hall–Kier alpha value is -1.97. The van der Waals surface area contributed by atoms with E-state index >= 15 is 0 Å². The molecule has 0 atom stereocenters. The third-order valence-corrected chi connectivity index (χ3v) is 2.98. The highest BCUT2D eigenvalue weighted by Gasteiger charge is 2.14. The molecule has 4 heteroatoms. The highest BCUT2D eigenvalue weighted by atomic mass is 16.5. The van der Waals surface area contributed by atoms with Crippen LogP contribution in [0.5, 0.6) is 11.6 Å². The summed E-state index contributed by atoms with van der Waals surface area (Å²) in [5.41, 5.74) is 9.84. The van der Waals surface area contributed by atoms with E-state index < -0.39 is 0 Å². The highest BCUT2D eigenvalue weighted by molar-refractivity contribution is 5.55. The summed E-state index contributed by atoms with van der Waals surface area (Å²) < 4.78 is 7.57. The van der Waals surface area contributed by atoms with Crippen molar-refractivity contribution in [1.82, 2.24) is 9.78 Å². The van der Waals surface area contributed by atoms with Gasteiger partial charge in [-0.15, -0.1) is 0 Å². The van der Waals surface area contributed by atoms with Gasteiger partial charge in [0.2, 0.25) is 5.88 Å². The summed E-state index contributed by atoms with van der Waals surface area (Å²) in [5.74, 6) is 1.43. The number of nitrogens with zero attached hydrogens (tertiary/aromatic N) is 2. The normalized spacial score (nSPS) is 10.7. The summed E-state index contributed by atoms with van der Waals surface area (Å²) in [5, 5.41) is 4.34. The first-order valence-corrected chi connectivity index (χ1v) is 6.09. The fourth-order valence-corrected chi connectivity index (χ4v) is 1.98. The first-order valence-electron chi connectivity index (χ1n) is 6.09. The van der Waals surface area contributed by atoms with Crippen LogP contribution in [0.4, 0.5) is 5.69 Å². The van der Waals surface area contributed by atoms with Gasteiger partial charge >= 0.3 is 0 Å². The minimum Gasteiger partial charge on any atom is -0.437 e. The van der Waals surface area contributed by atoms with E-state index in [1.165, 1.54) is 5.56 Å². The van der Waals surface area contributed by atoms with Crippen LogP contribution in [-0.2, 0) is 13.5 Å². The van der Waals surface area contributed by atoms with E-state index in [-0.39, 0.29) is 0 Å². The number of nitrogens with two attached hydrogens (primary N) is 1. The highest BCUT2D eigenvalue weighted by Crippen LogP contribution is 2.31. The Bertz CT molecular complexity index is 573. The molecule has 0 aliphatic rings. The van der Waals surface area contributed by atoms with Crippen molar-refractivity contribution in [2.24, 2.45) is 7.05 Å². The van der Waals surface area contributed by atoms with Crippen molar-refractivity contribution in [3.05, 3.63) is 35.0 Å². The second-order valence-electron chi connectivity index (χ2n) is 4.51. The van der Waals surface area contributed by atoms with E-state index in [1.807, 2.05) is 33.0 Å². The van der Waals surface area contributed by atoms with Gasteiger partial charge in [-0.05, 0) is 31.9 Å². The molecule has 0 aliphatic heterocycles. The largest absolute Gasteiger partial charge is 0.437 e. The molecule has 0 radical (unpaired) electrons. The summed E-state index contributed by atoms with van der Waals surface area (Å²) in [6, 6.07) is 6.07. The zero-order valence-corrected chi connectivity index (χ0v) is 11.3. The van der Waals surface area contributed by atoms with Gasteiger partial charge < -0.3 is 10.5 Å². The third-order valence-electron chi connectivity index (χ3n) is 2.98. The van der Waals surface area contributed by atoms with Crippen molar-refractivity contribution < 1.29 is 4.74 Å². The monoisotopic (exact) mass is 245 g/mol. The zero-order valence-electron chi connectivity index (χ0n) is 11.3. The molecule has 0 unspecified atom stereocenters. The smallest absolute Gasteiger partial charge is 0.241 e. The SMILES string of the molecule is CCc1nn(C)c(Oc2ccc(C)cc2C)c1N. The van der Waals surface area contributed by atoms with Gasteiger partial charge in [0, 0.05) is 7.05 Å². The van der Waals surface area contributed by atoms with Gasteiger partial charge in [0.15, 0.2) is 0 Å². The number of rotatable bonds is 3. The van der Waals surface area contributed by atoms with Crippen molar-refractivity contribution in [2.75, 3.05) is 5.73 Å². The molecular weight excluding hydrogens is 226 g/mol. The summed E-state index contributed by atoms with van der Waals surface area (Å²) in [4.78, 5) is 0. The quantitative estimate of drug-likeness (QED) is 0.904. The van der Waals surface area contributed by atoms with Crippen LogP contribution in [0, 0.1) is 13.8 Å². The number of hydrogen-bond acceptors (Lipinski definition) is 3. The molecule has 0 amide bonds. The lowest BCUT2D eigenvalue weighted by Crippen LogP contribution is -1.98. The van der Waals surface area contributed by atoms with Crippen LogP contribution in [0.1, 0.15) is 23.7 Å². The molecule has 2 aromatic rings. The summed E-state index contributed by atoms with van der Waals surface area (Å²) in [7, 11) is 1.84. The van der Waals surface area contributed by atoms with Gasteiger partial charge in [-0.3, -0.25) is 0 Å². The van der Waals surface area contributed by atoms with Crippen molar-refractivity contribution in [3.63, 3.8) is 0 Å². The van der Waals surface area contributed by atoms with Gasteiger partial charge in [0.1, 0.15) is 11.4 Å². The molecule has 1 aromatic carbocycles. The molecule has 2 rings (SSSR count). The van der Waals surface area contributed by atoms with Crippen LogP contribution in [0.25, 0.3) is 0 Å². The second-order valence-corrected chi connectivity index (χ2v) is 4.51. The molecule has 4 nitrogen and oxygen atoms in total. The van der Waals surface area contributed by atoms with Crippen molar-refractivity contribution in [1.29, 1.82) is 0 Å². The topological polar surface area (TPSA) is 53.1 Å². The summed E-state index contributed by atoms with van der Waals surface area (Å²) in [6.45, 7) is 6.11. The fourth-order valence-electron chi connectivity index (χ4n) is 1.98. The lowest BCUT2D eigenvalue weighted by atomic mass is 10.1. The number of hydrogen-bond donors (Lipinski definition) is 1. The number of nitrogen functional groups attached to an aromatic ring is 1. The van der Waals surface area contributed by atoms with Crippen molar-refractivity contribution in [3.8, 4) is 11.6 Å². The third kappa shape index (κ3) is 2.18. The van der Waals surface area contributed by atoms with Crippen LogP contribution in [0.15, 0.2) is 18.2 Å². The molecule has 0 saturated carbocycles. The molecule has 1 aromatic heterocycles. The van der Waals surface area contributed by atoms with E-state index in [4.69, 9.17) is 10.5 Å². The minimum atomic E-state index is 0.610. The summed E-state index contributed by atoms with van der Waals surface area (Å²) in [6.07, 6.45) is 0.802. The second kappa shape index (κ2) is 4.72. The number of benzene rings is 1. The fraction of sp³-hybridized carbons (Fsp3) is 0.357. The average Bonchev–Trinajstić information content (AvgIpc) is 2.59. The minimum absolute atomic E-state index is 0.610. The first-order chi connectivity index (χ1) is 8.52. The summed E-state index contributed by atoms with van der Waals surface area (Å²) >= 11 is 0. The number of ether oxygens (including phenoxy) is 1. The number of anilines is 1. The maximum absolute atomic E-state index is 6.03. The van der Waals surface area contributed by atoms with Crippen LogP contribution < -0.4 is 10.5 Å². The lowest BCUT2D eigenvalue weighted by molar-refractivity contribution is 0.429. The number of aryl methyl sites for hydroxylation is 4. The van der Waals surface area contributed by atoms with Gasteiger partial charge in [0.05, 0.1) is 5.69 Å². The molecule has 0 bridgehead atoms. The van der Waals surface area contributed by atoms with E-state index in [0.29, 0.717) is 11.6 Å². The lowest BCUT2D eigenvalue weighted by Gasteiger charge is -2.09. The Balaban J connectivity index is 2.37.